The topological polar surface area (TPSA) is 89.1 Å². The first-order valence-corrected chi connectivity index (χ1v) is 9.54. The third kappa shape index (κ3) is 3.91. The number of nitrogens with zero attached hydrogens (tertiary/aromatic N) is 3. The lowest BCUT2D eigenvalue weighted by Crippen LogP contribution is -2.15. The van der Waals surface area contributed by atoms with Crippen molar-refractivity contribution in [3.05, 3.63) is 93.5 Å². The van der Waals surface area contributed by atoms with Crippen LogP contribution in [-0.2, 0) is 6.42 Å². The Kier molecular flexibility index (Phi) is 5.26. The Morgan fingerprint density at radius 2 is 1.67 bits per heavy atom. The van der Waals surface area contributed by atoms with Crippen molar-refractivity contribution in [1.82, 2.24) is 0 Å². The first-order chi connectivity index (χ1) is 14.6. The van der Waals surface area contributed by atoms with Gasteiger partial charge in [0.25, 0.3) is 5.69 Å². The van der Waals surface area contributed by atoms with Crippen LogP contribution in [0.4, 0.5) is 17.1 Å². The average molecular weight is 400 g/mol. The maximum Gasteiger partial charge on any atom is 0.269 e. The average Bonchev–Trinajstić information content (AvgIpc) is 2.98. The van der Waals surface area contributed by atoms with Crippen molar-refractivity contribution in [3.63, 3.8) is 0 Å². The molecule has 0 atom stereocenters. The van der Waals surface area contributed by atoms with Gasteiger partial charge in [-0.2, -0.15) is 0 Å². The summed E-state index contributed by atoms with van der Waals surface area (Å²) in [4.78, 5) is 20.1. The van der Waals surface area contributed by atoms with Gasteiger partial charge < -0.3 is 10.1 Å². The third-order valence-electron chi connectivity index (χ3n) is 4.87. The molecule has 4 rings (SSSR count). The predicted molar refractivity (Wildman–Crippen MR) is 118 cm³/mol. The summed E-state index contributed by atoms with van der Waals surface area (Å²) in [5.74, 6) is 1.87. The van der Waals surface area contributed by atoms with Crippen LogP contribution >= 0.6 is 0 Å². The van der Waals surface area contributed by atoms with Crippen molar-refractivity contribution in [3.8, 4) is 5.75 Å². The Hall–Kier alpha value is -4.00. The molecule has 1 aliphatic rings. The Morgan fingerprint density at radius 1 is 0.967 bits per heavy atom. The van der Waals surface area contributed by atoms with Gasteiger partial charge in [0.15, 0.2) is 5.84 Å². The SMILES string of the molecule is CCc1ccc2c(c1)NC(c1ccc([N+](=O)[O-])cc1)=NC(c1ccc(OC)cc1)=N2. The molecule has 0 bridgehead atoms. The number of nitro benzene ring substituents is 1. The van der Waals surface area contributed by atoms with Crippen molar-refractivity contribution >= 4 is 28.7 Å². The summed E-state index contributed by atoms with van der Waals surface area (Å²) in [6.45, 7) is 2.09. The molecule has 0 fully saturated rings. The van der Waals surface area contributed by atoms with E-state index in [0.717, 1.165) is 34.7 Å². The fourth-order valence-corrected chi connectivity index (χ4v) is 3.15. The maximum absolute atomic E-state index is 11.0. The molecule has 7 nitrogen and oxygen atoms in total. The van der Waals surface area contributed by atoms with E-state index in [-0.39, 0.29) is 5.69 Å². The molecule has 1 N–H and O–H groups in total. The summed E-state index contributed by atoms with van der Waals surface area (Å²) in [5, 5.41) is 14.4. The zero-order chi connectivity index (χ0) is 21.1. The minimum absolute atomic E-state index is 0.0330. The summed E-state index contributed by atoms with van der Waals surface area (Å²) >= 11 is 0. The molecule has 1 aliphatic heterocycles. The number of nitrogens with one attached hydrogen (secondary N) is 1. The van der Waals surface area contributed by atoms with Crippen molar-refractivity contribution in [1.29, 1.82) is 0 Å². The smallest absolute Gasteiger partial charge is 0.269 e. The normalized spacial score (nSPS) is 12.7. The van der Waals surface area contributed by atoms with Gasteiger partial charge in [-0.15, -0.1) is 0 Å². The number of nitro groups is 1. The van der Waals surface area contributed by atoms with Crippen LogP contribution < -0.4 is 10.1 Å². The molecular formula is C23H20N4O3. The Bertz CT molecular complexity index is 1150. The van der Waals surface area contributed by atoms with Crippen molar-refractivity contribution in [2.24, 2.45) is 9.98 Å². The van der Waals surface area contributed by atoms with Gasteiger partial charge in [0.05, 0.1) is 23.4 Å². The number of hydrogen-bond acceptors (Lipinski definition) is 6. The third-order valence-corrected chi connectivity index (χ3v) is 4.87. The van der Waals surface area contributed by atoms with Crippen molar-refractivity contribution in [2.45, 2.75) is 13.3 Å². The van der Waals surface area contributed by atoms with E-state index in [9.17, 15) is 10.1 Å². The van der Waals surface area contributed by atoms with Gasteiger partial charge >= 0.3 is 0 Å². The fourth-order valence-electron chi connectivity index (χ4n) is 3.15. The monoisotopic (exact) mass is 400 g/mol. The number of amidine groups is 2. The Morgan fingerprint density at radius 3 is 2.30 bits per heavy atom. The Balaban J connectivity index is 1.82. The number of methoxy groups -OCH3 is 1. The summed E-state index contributed by atoms with van der Waals surface area (Å²) in [6.07, 6.45) is 0.897. The van der Waals surface area contributed by atoms with E-state index in [1.807, 2.05) is 36.4 Å². The van der Waals surface area contributed by atoms with Gasteiger partial charge in [0.1, 0.15) is 11.6 Å². The minimum atomic E-state index is -0.417. The zero-order valence-corrected chi connectivity index (χ0v) is 16.6. The van der Waals surface area contributed by atoms with Gasteiger partial charge in [0.2, 0.25) is 0 Å². The molecule has 150 valence electrons. The number of aryl methyl sites for hydroxylation is 1. The lowest BCUT2D eigenvalue weighted by molar-refractivity contribution is -0.384. The number of aliphatic imine (C=N–C) groups is 2. The van der Waals surface area contributed by atoms with E-state index < -0.39 is 4.92 Å². The maximum atomic E-state index is 11.0. The second-order valence-corrected chi connectivity index (χ2v) is 6.76. The van der Waals surface area contributed by atoms with Gasteiger partial charge in [-0.1, -0.05) is 13.0 Å². The number of fused-ring (bicyclic) bond motifs is 1. The lowest BCUT2D eigenvalue weighted by Gasteiger charge is -2.11. The van der Waals surface area contributed by atoms with E-state index in [0.29, 0.717) is 11.7 Å². The van der Waals surface area contributed by atoms with E-state index >= 15 is 0 Å². The molecule has 0 radical (unpaired) electrons. The van der Waals surface area contributed by atoms with E-state index in [4.69, 9.17) is 14.7 Å². The number of benzene rings is 3. The van der Waals surface area contributed by atoms with Crippen molar-refractivity contribution in [2.75, 3.05) is 12.4 Å². The molecule has 30 heavy (non-hydrogen) atoms. The highest BCUT2D eigenvalue weighted by Crippen LogP contribution is 2.31. The second kappa shape index (κ2) is 8.16. The van der Waals surface area contributed by atoms with E-state index in [1.54, 1.807) is 19.2 Å². The number of ether oxygens (including phenoxy) is 1. The summed E-state index contributed by atoms with van der Waals surface area (Å²) in [5.41, 5.74) is 4.40. The van der Waals surface area contributed by atoms with Gasteiger partial charge in [-0.3, -0.25) is 10.1 Å². The van der Waals surface area contributed by atoms with Crippen LogP contribution in [0.2, 0.25) is 0 Å². The summed E-state index contributed by atoms with van der Waals surface area (Å²) in [6, 6.07) is 19.9. The van der Waals surface area contributed by atoms with Crippen LogP contribution in [0.1, 0.15) is 23.6 Å². The molecule has 0 aromatic heterocycles. The van der Waals surface area contributed by atoms with Crippen LogP contribution in [0.5, 0.6) is 5.75 Å². The summed E-state index contributed by atoms with van der Waals surface area (Å²) in [7, 11) is 1.62. The van der Waals surface area contributed by atoms with Gasteiger partial charge in [-0.25, -0.2) is 9.98 Å². The van der Waals surface area contributed by atoms with Crippen LogP contribution in [0.15, 0.2) is 76.7 Å². The van der Waals surface area contributed by atoms with Crippen LogP contribution in [0, 0.1) is 10.1 Å². The van der Waals surface area contributed by atoms with Crippen LogP contribution in [0.3, 0.4) is 0 Å². The number of hydrogen-bond donors (Lipinski definition) is 1. The quantitative estimate of drug-likeness (QED) is 0.476. The standard InChI is InChI=1S/C23H20N4O3/c1-3-15-4-13-20-21(14-15)25-23(16-5-9-18(10-6-16)27(28)29)26-22(24-20)17-7-11-19(30-2)12-8-17/h4-14H,3H2,1-2H3,(H,24,25,26). The molecule has 0 unspecified atom stereocenters. The molecule has 1 heterocycles. The molecular weight excluding hydrogens is 380 g/mol. The molecule has 0 aliphatic carbocycles. The van der Waals surface area contributed by atoms with Gasteiger partial charge in [0, 0.05) is 23.3 Å². The molecule has 0 amide bonds. The lowest BCUT2D eigenvalue weighted by atomic mass is 10.1. The minimum Gasteiger partial charge on any atom is -0.497 e. The van der Waals surface area contributed by atoms with E-state index in [2.05, 4.69) is 18.3 Å². The predicted octanol–water partition coefficient (Wildman–Crippen LogP) is 5.12. The largest absolute Gasteiger partial charge is 0.497 e. The highest BCUT2D eigenvalue weighted by atomic mass is 16.6. The molecule has 3 aromatic rings. The second-order valence-electron chi connectivity index (χ2n) is 6.76. The number of anilines is 1. The number of non-ortho nitro benzene ring substituents is 1. The highest BCUT2D eigenvalue weighted by Gasteiger charge is 2.17. The van der Waals surface area contributed by atoms with Gasteiger partial charge in [-0.05, 0) is 60.5 Å². The molecule has 7 heteroatoms. The summed E-state index contributed by atoms with van der Waals surface area (Å²) < 4.78 is 5.24. The first-order valence-electron chi connectivity index (χ1n) is 9.54. The van der Waals surface area contributed by atoms with Crippen molar-refractivity contribution < 1.29 is 9.66 Å². The van der Waals surface area contributed by atoms with Crippen LogP contribution in [-0.4, -0.2) is 23.7 Å². The molecule has 0 spiro atoms. The zero-order valence-electron chi connectivity index (χ0n) is 16.6. The molecule has 0 saturated heterocycles. The Labute approximate surface area is 173 Å². The number of rotatable bonds is 5. The van der Waals surface area contributed by atoms with E-state index in [1.165, 1.54) is 17.7 Å². The molecule has 0 saturated carbocycles. The fraction of sp³-hybridized carbons (Fsp3) is 0.130. The molecule has 3 aromatic carbocycles. The first kappa shape index (κ1) is 19.3. The highest BCUT2D eigenvalue weighted by molar-refractivity contribution is 6.19. The van der Waals surface area contributed by atoms with Crippen LogP contribution in [0.25, 0.3) is 0 Å².